The van der Waals surface area contributed by atoms with E-state index in [4.69, 9.17) is 4.74 Å². The molecule has 3 rings (SSSR count). The topological polar surface area (TPSA) is 46.6 Å². The SMILES string of the molecule is CN1/C(=C\C(=O)COc2ccc(C=O)cc2)C(C)(C)c2ccccc21. The zero-order valence-corrected chi connectivity index (χ0v) is 14.7. The van der Waals surface area contributed by atoms with E-state index in [2.05, 4.69) is 30.9 Å². The van der Waals surface area contributed by atoms with Crippen molar-refractivity contribution >= 4 is 17.8 Å². The van der Waals surface area contributed by atoms with Gasteiger partial charge in [-0.25, -0.2) is 0 Å². The quantitative estimate of drug-likeness (QED) is 0.616. The van der Waals surface area contributed by atoms with E-state index < -0.39 is 0 Å². The van der Waals surface area contributed by atoms with Crippen LogP contribution in [0.25, 0.3) is 0 Å². The van der Waals surface area contributed by atoms with Gasteiger partial charge >= 0.3 is 0 Å². The molecule has 4 nitrogen and oxygen atoms in total. The Morgan fingerprint density at radius 3 is 2.44 bits per heavy atom. The third-order valence-corrected chi connectivity index (χ3v) is 4.64. The predicted molar refractivity (Wildman–Crippen MR) is 98.3 cm³/mol. The first-order chi connectivity index (χ1) is 11.9. The van der Waals surface area contributed by atoms with Gasteiger partial charge < -0.3 is 9.64 Å². The van der Waals surface area contributed by atoms with Gasteiger partial charge in [-0.3, -0.25) is 9.59 Å². The van der Waals surface area contributed by atoms with Gasteiger partial charge in [-0.1, -0.05) is 32.0 Å². The summed E-state index contributed by atoms with van der Waals surface area (Å²) < 4.78 is 5.53. The molecular weight excluding hydrogens is 314 g/mol. The van der Waals surface area contributed by atoms with Gasteiger partial charge in [0.15, 0.2) is 12.4 Å². The number of carbonyl (C=O) groups is 2. The monoisotopic (exact) mass is 335 g/mol. The van der Waals surface area contributed by atoms with Crippen LogP contribution in [0.1, 0.15) is 29.8 Å². The molecule has 0 radical (unpaired) electrons. The zero-order valence-electron chi connectivity index (χ0n) is 14.7. The first-order valence-electron chi connectivity index (χ1n) is 8.20. The van der Waals surface area contributed by atoms with E-state index in [1.165, 1.54) is 5.56 Å². The third kappa shape index (κ3) is 3.20. The molecule has 0 unspecified atom stereocenters. The van der Waals surface area contributed by atoms with Crippen molar-refractivity contribution in [3.8, 4) is 5.75 Å². The predicted octanol–water partition coefficient (Wildman–Crippen LogP) is 3.76. The molecular formula is C21H21NO3. The molecule has 0 spiro atoms. The Bertz CT molecular complexity index is 834. The highest BCUT2D eigenvalue weighted by molar-refractivity contribution is 5.93. The molecule has 0 amide bonds. The summed E-state index contributed by atoms with van der Waals surface area (Å²) in [7, 11) is 1.98. The number of anilines is 1. The number of nitrogens with zero attached hydrogens (tertiary/aromatic N) is 1. The highest BCUT2D eigenvalue weighted by atomic mass is 16.5. The van der Waals surface area contributed by atoms with Crippen molar-refractivity contribution in [2.24, 2.45) is 0 Å². The van der Waals surface area contributed by atoms with Crippen LogP contribution in [0.15, 0.2) is 60.3 Å². The number of hydrogen-bond donors (Lipinski definition) is 0. The number of hydrogen-bond acceptors (Lipinski definition) is 4. The van der Waals surface area contributed by atoms with Gasteiger partial charge in [0, 0.05) is 35.5 Å². The van der Waals surface area contributed by atoms with E-state index in [-0.39, 0.29) is 17.8 Å². The van der Waals surface area contributed by atoms with Crippen molar-refractivity contribution in [1.82, 2.24) is 0 Å². The van der Waals surface area contributed by atoms with Gasteiger partial charge in [0.05, 0.1) is 0 Å². The molecule has 0 saturated heterocycles. The van der Waals surface area contributed by atoms with Crippen LogP contribution >= 0.6 is 0 Å². The molecule has 0 fully saturated rings. The van der Waals surface area contributed by atoms with Gasteiger partial charge in [0.2, 0.25) is 0 Å². The number of ether oxygens (including phenoxy) is 1. The van der Waals surface area contributed by atoms with Gasteiger partial charge in [-0.05, 0) is 35.9 Å². The zero-order chi connectivity index (χ0) is 18.0. The van der Waals surface area contributed by atoms with E-state index in [9.17, 15) is 9.59 Å². The highest BCUT2D eigenvalue weighted by Crippen LogP contribution is 2.46. The minimum atomic E-state index is -0.230. The van der Waals surface area contributed by atoms with Crippen LogP contribution in [-0.2, 0) is 10.2 Å². The van der Waals surface area contributed by atoms with Crippen molar-refractivity contribution < 1.29 is 14.3 Å². The Balaban J connectivity index is 1.74. The number of likely N-dealkylation sites (N-methyl/N-ethyl adjacent to an activating group) is 1. The standard InChI is InChI=1S/C21H21NO3/c1-21(2)18-6-4-5-7-19(18)22(3)20(21)12-16(24)14-25-17-10-8-15(13-23)9-11-17/h4-13H,14H2,1-3H3/b20-12-. The molecule has 2 aromatic carbocycles. The van der Waals surface area contributed by atoms with Crippen LogP contribution in [0.2, 0.25) is 0 Å². The first-order valence-corrected chi connectivity index (χ1v) is 8.20. The lowest BCUT2D eigenvalue weighted by Gasteiger charge is -2.23. The number of para-hydroxylation sites is 1. The summed E-state index contributed by atoms with van der Waals surface area (Å²) in [5.41, 5.74) is 3.64. The summed E-state index contributed by atoms with van der Waals surface area (Å²) in [6.45, 7) is 4.20. The largest absolute Gasteiger partial charge is 0.485 e. The van der Waals surface area contributed by atoms with Gasteiger partial charge in [-0.15, -0.1) is 0 Å². The number of aldehydes is 1. The second-order valence-corrected chi connectivity index (χ2v) is 6.67. The molecule has 2 aromatic rings. The Kier molecular flexibility index (Phi) is 4.45. The van der Waals surface area contributed by atoms with Gasteiger partial charge in [0.25, 0.3) is 0 Å². The average molecular weight is 335 g/mol. The fourth-order valence-electron chi connectivity index (χ4n) is 3.25. The Labute approximate surface area is 147 Å². The van der Waals surface area contributed by atoms with Crippen LogP contribution in [0.3, 0.4) is 0 Å². The Morgan fingerprint density at radius 2 is 1.80 bits per heavy atom. The molecule has 0 atom stereocenters. The fourth-order valence-corrected chi connectivity index (χ4v) is 3.25. The molecule has 0 N–H and O–H groups in total. The van der Waals surface area contributed by atoms with Crippen LogP contribution in [0.4, 0.5) is 5.69 Å². The lowest BCUT2D eigenvalue weighted by Crippen LogP contribution is -2.25. The number of carbonyl (C=O) groups excluding carboxylic acids is 2. The second kappa shape index (κ2) is 6.55. The third-order valence-electron chi connectivity index (χ3n) is 4.64. The van der Waals surface area contributed by atoms with Crippen molar-refractivity contribution in [1.29, 1.82) is 0 Å². The average Bonchev–Trinajstić information content (AvgIpc) is 2.82. The molecule has 1 aliphatic rings. The van der Waals surface area contributed by atoms with Crippen molar-refractivity contribution in [2.45, 2.75) is 19.3 Å². The smallest absolute Gasteiger partial charge is 0.194 e. The van der Waals surface area contributed by atoms with Crippen LogP contribution < -0.4 is 9.64 Å². The molecule has 128 valence electrons. The van der Waals surface area contributed by atoms with E-state index >= 15 is 0 Å². The summed E-state index contributed by atoms with van der Waals surface area (Å²) in [6.07, 6.45) is 2.44. The normalized spacial score (nSPS) is 16.6. The van der Waals surface area contributed by atoms with E-state index in [1.54, 1.807) is 30.3 Å². The Hall–Kier alpha value is -2.88. The van der Waals surface area contributed by atoms with Crippen LogP contribution in [0.5, 0.6) is 5.75 Å². The second-order valence-electron chi connectivity index (χ2n) is 6.67. The molecule has 0 aromatic heterocycles. The minimum Gasteiger partial charge on any atom is -0.485 e. The lowest BCUT2D eigenvalue weighted by molar-refractivity contribution is -0.116. The number of rotatable bonds is 5. The summed E-state index contributed by atoms with van der Waals surface area (Å²) in [4.78, 5) is 25.1. The molecule has 25 heavy (non-hydrogen) atoms. The van der Waals surface area contributed by atoms with Crippen molar-refractivity contribution in [3.05, 3.63) is 71.4 Å². The molecule has 0 bridgehead atoms. The maximum Gasteiger partial charge on any atom is 0.194 e. The molecule has 1 aliphatic heterocycles. The maximum absolute atomic E-state index is 12.4. The van der Waals surface area contributed by atoms with E-state index in [1.807, 2.05) is 19.2 Å². The maximum atomic E-state index is 12.4. The van der Waals surface area contributed by atoms with E-state index in [0.717, 1.165) is 17.7 Å². The minimum absolute atomic E-state index is 0.0375. The highest BCUT2D eigenvalue weighted by Gasteiger charge is 2.38. The molecule has 0 saturated carbocycles. The summed E-state index contributed by atoms with van der Waals surface area (Å²) >= 11 is 0. The van der Waals surface area contributed by atoms with Crippen molar-refractivity contribution in [2.75, 3.05) is 18.6 Å². The summed E-state index contributed by atoms with van der Waals surface area (Å²) in [6, 6.07) is 14.9. The van der Waals surface area contributed by atoms with Crippen molar-refractivity contribution in [3.63, 3.8) is 0 Å². The number of allylic oxidation sites excluding steroid dienone is 1. The summed E-state index contributed by atoms with van der Waals surface area (Å²) in [5, 5.41) is 0. The van der Waals surface area contributed by atoms with Gasteiger partial charge in [0.1, 0.15) is 12.0 Å². The molecule has 4 heteroatoms. The molecule has 0 aliphatic carbocycles. The first kappa shape index (κ1) is 17.0. The lowest BCUT2D eigenvalue weighted by atomic mass is 9.83. The van der Waals surface area contributed by atoms with Gasteiger partial charge in [-0.2, -0.15) is 0 Å². The van der Waals surface area contributed by atoms with Crippen LogP contribution in [0, 0.1) is 0 Å². The summed E-state index contributed by atoms with van der Waals surface area (Å²) in [5.74, 6) is 0.474. The Morgan fingerprint density at radius 1 is 1.12 bits per heavy atom. The number of ketones is 1. The molecule has 1 heterocycles. The fraction of sp³-hybridized carbons (Fsp3) is 0.238. The number of fused-ring (bicyclic) bond motifs is 1. The van der Waals surface area contributed by atoms with Crippen LogP contribution in [-0.4, -0.2) is 25.7 Å². The van der Waals surface area contributed by atoms with E-state index in [0.29, 0.717) is 11.3 Å². The number of benzene rings is 2.